The van der Waals surface area contributed by atoms with E-state index in [1.54, 1.807) is 6.07 Å². The quantitative estimate of drug-likeness (QED) is 0.909. The first-order chi connectivity index (χ1) is 9.93. The Kier molecular flexibility index (Phi) is 4.23. The molecule has 0 spiro atoms. The van der Waals surface area contributed by atoms with Gasteiger partial charge in [0.25, 0.3) is 10.0 Å². The highest BCUT2D eigenvalue weighted by Crippen LogP contribution is 2.25. The van der Waals surface area contributed by atoms with Crippen LogP contribution in [0.25, 0.3) is 0 Å². The largest absolute Gasteiger partial charge is 0.368 e. The molecule has 0 fully saturated rings. The molecule has 1 amide bonds. The molecule has 2 rings (SSSR count). The lowest BCUT2D eigenvalue weighted by atomic mass is 10.3. The second kappa shape index (κ2) is 5.92. The molecule has 21 heavy (non-hydrogen) atoms. The van der Waals surface area contributed by atoms with Gasteiger partial charge in [0.1, 0.15) is 12.4 Å². The first-order valence-electron chi connectivity index (χ1n) is 6.03. The minimum atomic E-state index is -4.08. The number of carbonyl (C=O) groups excluding carboxylic acids is 1. The number of hydrogen-bond donors (Lipinski definition) is 1. The number of para-hydroxylation sites is 1. The fraction of sp³-hybridized carbons (Fsp3) is 0.0714. The smallest absolute Gasteiger partial charge is 0.264 e. The number of halogens is 1. The number of anilines is 1. The zero-order valence-corrected chi connectivity index (χ0v) is 11.8. The van der Waals surface area contributed by atoms with Crippen molar-refractivity contribution in [1.29, 1.82) is 0 Å². The molecule has 2 N–H and O–H groups in total. The van der Waals surface area contributed by atoms with Crippen LogP contribution in [0.2, 0.25) is 0 Å². The Hall–Kier alpha value is -2.41. The average Bonchev–Trinajstić information content (AvgIpc) is 2.46. The van der Waals surface area contributed by atoms with Gasteiger partial charge in [0, 0.05) is 0 Å². The summed E-state index contributed by atoms with van der Waals surface area (Å²) < 4.78 is 39.7. The Balaban J connectivity index is 2.56. The van der Waals surface area contributed by atoms with Crippen LogP contribution in [-0.2, 0) is 14.8 Å². The fourth-order valence-electron chi connectivity index (χ4n) is 1.81. The van der Waals surface area contributed by atoms with Crippen LogP contribution < -0.4 is 10.0 Å². The summed E-state index contributed by atoms with van der Waals surface area (Å²) in [4.78, 5) is 11.1. The molecule has 0 unspecified atom stereocenters. The van der Waals surface area contributed by atoms with Crippen molar-refractivity contribution in [1.82, 2.24) is 0 Å². The van der Waals surface area contributed by atoms with Crippen LogP contribution in [-0.4, -0.2) is 20.9 Å². The van der Waals surface area contributed by atoms with Gasteiger partial charge in [-0.05, 0) is 24.3 Å². The van der Waals surface area contributed by atoms with E-state index in [1.165, 1.54) is 42.5 Å². The van der Waals surface area contributed by atoms with E-state index in [2.05, 4.69) is 0 Å². The first kappa shape index (κ1) is 15.0. The van der Waals surface area contributed by atoms with Gasteiger partial charge in [-0.15, -0.1) is 0 Å². The van der Waals surface area contributed by atoms with E-state index < -0.39 is 28.3 Å². The Morgan fingerprint density at radius 3 is 2.19 bits per heavy atom. The number of benzene rings is 2. The third kappa shape index (κ3) is 3.19. The van der Waals surface area contributed by atoms with E-state index in [1.807, 2.05) is 0 Å². The summed E-state index contributed by atoms with van der Waals surface area (Å²) in [5.74, 6) is -1.63. The van der Waals surface area contributed by atoms with E-state index >= 15 is 0 Å². The van der Waals surface area contributed by atoms with Crippen molar-refractivity contribution in [3.05, 3.63) is 60.4 Å². The monoisotopic (exact) mass is 308 g/mol. The second-order valence-electron chi connectivity index (χ2n) is 4.24. The molecule has 0 saturated carbocycles. The molecule has 2 aromatic rings. The number of nitrogens with two attached hydrogens (primary N) is 1. The van der Waals surface area contributed by atoms with Gasteiger partial charge in [-0.1, -0.05) is 30.3 Å². The van der Waals surface area contributed by atoms with E-state index in [9.17, 15) is 17.6 Å². The van der Waals surface area contributed by atoms with Crippen LogP contribution in [0.1, 0.15) is 0 Å². The van der Waals surface area contributed by atoms with Crippen molar-refractivity contribution < 1.29 is 17.6 Å². The number of hydrogen-bond acceptors (Lipinski definition) is 3. The van der Waals surface area contributed by atoms with E-state index in [0.717, 1.165) is 6.07 Å². The molecule has 5 nitrogen and oxygen atoms in total. The summed E-state index contributed by atoms with van der Waals surface area (Å²) in [6.45, 7) is -0.641. The number of nitrogens with zero attached hydrogens (tertiary/aromatic N) is 1. The highest BCUT2D eigenvalue weighted by Gasteiger charge is 2.28. The summed E-state index contributed by atoms with van der Waals surface area (Å²) >= 11 is 0. The third-order valence-electron chi connectivity index (χ3n) is 2.75. The summed E-state index contributed by atoms with van der Waals surface area (Å²) in [7, 11) is -4.08. The molecule has 0 bridgehead atoms. The number of sulfonamides is 1. The van der Waals surface area contributed by atoms with Crippen molar-refractivity contribution in [2.45, 2.75) is 4.90 Å². The Bertz CT molecular complexity index is 748. The van der Waals surface area contributed by atoms with E-state index in [4.69, 9.17) is 5.73 Å². The molecule has 0 atom stereocenters. The lowest BCUT2D eigenvalue weighted by Gasteiger charge is -2.23. The number of carbonyl (C=O) groups is 1. The second-order valence-corrected chi connectivity index (χ2v) is 6.10. The van der Waals surface area contributed by atoms with Crippen LogP contribution in [0.4, 0.5) is 10.1 Å². The lowest BCUT2D eigenvalue weighted by Crippen LogP contribution is -2.39. The summed E-state index contributed by atoms with van der Waals surface area (Å²) in [5.41, 5.74) is 4.87. The number of amides is 1. The molecular weight excluding hydrogens is 295 g/mol. The SMILES string of the molecule is NC(=O)CN(c1ccccc1F)S(=O)(=O)c1ccccc1. The van der Waals surface area contributed by atoms with Gasteiger partial charge in [-0.25, -0.2) is 12.8 Å². The van der Waals surface area contributed by atoms with Gasteiger partial charge < -0.3 is 5.73 Å². The van der Waals surface area contributed by atoms with Crippen molar-refractivity contribution in [2.24, 2.45) is 5.73 Å². The standard InChI is InChI=1S/C14H13FN2O3S/c15-12-8-4-5-9-13(12)17(10-14(16)18)21(19,20)11-6-2-1-3-7-11/h1-9H,10H2,(H2,16,18). The van der Waals surface area contributed by atoms with Crippen molar-refractivity contribution >= 4 is 21.6 Å². The Labute approximate surface area is 121 Å². The van der Waals surface area contributed by atoms with Gasteiger partial charge in [-0.3, -0.25) is 9.10 Å². The van der Waals surface area contributed by atoms with E-state index in [-0.39, 0.29) is 10.6 Å². The van der Waals surface area contributed by atoms with Crippen LogP contribution in [0.3, 0.4) is 0 Å². The minimum Gasteiger partial charge on any atom is -0.368 e. The van der Waals surface area contributed by atoms with Gasteiger partial charge in [-0.2, -0.15) is 0 Å². The molecule has 0 heterocycles. The zero-order valence-electron chi connectivity index (χ0n) is 10.9. The maximum Gasteiger partial charge on any atom is 0.264 e. The van der Waals surface area contributed by atoms with Crippen LogP contribution in [0.15, 0.2) is 59.5 Å². The first-order valence-corrected chi connectivity index (χ1v) is 7.47. The molecule has 0 aliphatic rings. The molecule has 0 radical (unpaired) electrons. The molecule has 110 valence electrons. The predicted octanol–water partition coefficient (Wildman–Crippen LogP) is 1.51. The number of rotatable bonds is 5. The van der Waals surface area contributed by atoms with Crippen molar-refractivity contribution in [3.63, 3.8) is 0 Å². The molecule has 2 aromatic carbocycles. The highest BCUT2D eigenvalue weighted by molar-refractivity contribution is 7.92. The highest BCUT2D eigenvalue weighted by atomic mass is 32.2. The van der Waals surface area contributed by atoms with Crippen molar-refractivity contribution in [2.75, 3.05) is 10.8 Å². The van der Waals surface area contributed by atoms with Gasteiger partial charge in [0.2, 0.25) is 5.91 Å². The predicted molar refractivity (Wildman–Crippen MR) is 76.6 cm³/mol. The van der Waals surface area contributed by atoms with Crippen LogP contribution in [0.5, 0.6) is 0 Å². The number of primary amides is 1. The Morgan fingerprint density at radius 1 is 1.05 bits per heavy atom. The average molecular weight is 308 g/mol. The molecule has 7 heteroatoms. The minimum absolute atomic E-state index is 0.0468. The van der Waals surface area contributed by atoms with Crippen LogP contribution >= 0.6 is 0 Å². The molecule has 0 aromatic heterocycles. The lowest BCUT2D eigenvalue weighted by molar-refractivity contribution is -0.116. The summed E-state index contributed by atoms with van der Waals surface area (Å²) in [6, 6.07) is 12.8. The molecular formula is C14H13FN2O3S. The summed E-state index contributed by atoms with van der Waals surface area (Å²) in [5, 5.41) is 0. The normalized spacial score (nSPS) is 11.1. The van der Waals surface area contributed by atoms with Gasteiger partial charge in [0.15, 0.2) is 0 Å². The van der Waals surface area contributed by atoms with Gasteiger partial charge >= 0.3 is 0 Å². The Morgan fingerprint density at radius 2 is 1.62 bits per heavy atom. The van der Waals surface area contributed by atoms with Crippen LogP contribution in [0, 0.1) is 5.82 Å². The topological polar surface area (TPSA) is 80.5 Å². The molecule has 0 saturated heterocycles. The van der Waals surface area contributed by atoms with E-state index in [0.29, 0.717) is 4.31 Å². The molecule has 0 aliphatic carbocycles. The maximum absolute atomic E-state index is 13.9. The maximum atomic E-state index is 13.9. The third-order valence-corrected chi connectivity index (χ3v) is 4.53. The summed E-state index contributed by atoms with van der Waals surface area (Å²) in [6.07, 6.45) is 0. The van der Waals surface area contributed by atoms with Gasteiger partial charge in [0.05, 0.1) is 10.6 Å². The zero-order chi connectivity index (χ0) is 15.5. The fourth-order valence-corrected chi connectivity index (χ4v) is 3.27. The molecule has 0 aliphatic heterocycles. The van der Waals surface area contributed by atoms with Crippen molar-refractivity contribution in [3.8, 4) is 0 Å².